The van der Waals surface area contributed by atoms with Crippen LogP contribution in [-0.4, -0.2) is 4.92 Å². The molecule has 0 bridgehead atoms. The van der Waals surface area contributed by atoms with E-state index in [-0.39, 0.29) is 5.69 Å². The quantitative estimate of drug-likeness (QED) is 0.589. The molecule has 0 atom stereocenters. The minimum atomic E-state index is -0.423. The molecular formula is C13H10ClNO2. The van der Waals surface area contributed by atoms with E-state index >= 15 is 0 Å². The van der Waals surface area contributed by atoms with Gasteiger partial charge < -0.3 is 0 Å². The zero-order chi connectivity index (χ0) is 12.4. The van der Waals surface area contributed by atoms with Crippen LogP contribution in [0.5, 0.6) is 0 Å². The Morgan fingerprint density at radius 1 is 1.12 bits per heavy atom. The Kier molecular flexibility index (Phi) is 3.11. The van der Waals surface area contributed by atoms with Gasteiger partial charge in [0, 0.05) is 22.7 Å². The largest absolute Gasteiger partial charge is 0.270 e. The SMILES string of the molecule is Cc1ccc(-c2cc([N+](=O)[O-])ccc2Cl)cc1. The summed E-state index contributed by atoms with van der Waals surface area (Å²) >= 11 is 6.05. The standard InChI is InChI=1S/C13H10ClNO2/c1-9-2-4-10(5-3-9)12-8-11(15(16)17)6-7-13(12)14/h2-8H,1H3. The summed E-state index contributed by atoms with van der Waals surface area (Å²) in [5.74, 6) is 0. The maximum absolute atomic E-state index is 10.7. The van der Waals surface area contributed by atoms with E-state index in [1.165, 1.54) is 12.1 Å². The molecule has 2 aromatic rings. The second-order valence-electron chi connectivity index (χ2n) is 3.79. The van der Waals surface area contributed by atoms with E-state index in [2.05, 4.69) is 0 Å². The van der Waals surface area contributed by atoms with Crippen LogP contribution < -0.4 is 0 Å². The van der Waals surface area contributed by atoms with Gasteiger partial charge >= 0.3 is 0 Å². The van der Waals surface area contributed by atoms with E-state index in [1.54, 1.807) is 6.07 Å². The predicted molar refractivity (Wildman–Crippen MR) is 68.3 cm³/mol. The molecule has 0 aromatic heterocycles. The lowest BCUT2D eigenvalue weighted by Crippen LogP contribution is -1.89. The van der Waals surface area contributed by atoms with Gasteiger partial charge in [0.15, 0.2) is 0 Å². The van der Waals surface area contributed by atoms with E-state index in [1.807, 2.05) is 31.2 Å². The summed E-state index contributed by atoms with van der Waals surface area (Å²) < 4.78 is 0. The first-order valence-corrected chi connectivity index (χ1v) is 5.47. The summed E-state index contributed by atoms with van der Waals surface area (Å²) in [5.41, 5.74) is 2.74. The molecule has 2 aromatic carbocycles. The molecule has 0 heterocycles. The van der Waals surface area contributed by atoms with Crippen molar-refractivity contribution in [2.45, 2.75) is 6.92 Å². The van der Waals surface area contributed by atoms with Crippen LogP contribution in [0.4, 0.5) is 5.69 Å². The van der Waals surface area contributed by atoms with Crippen molar-refractivity contribution in [1.29, 1.82) is 0 Å². The molecule has 0 fully saturated rings. The number of aryl methyl sites for hydroxylation is 1. The molecule has 0 saturated carbocycles. The molecule has 86 valence electrons. The lowest BCUT2D eigenvalue weighted by Gasteiger charge is -2.04. The van der Waals surface area contributed by atoms with E-state index in [0.29, 0.717) is 10.6 Å². The highest BCUT2D eigenvalue weighted by molar-refractivity contribution is 6.33. The van der Waals surface area contributed by atoms with Crippen LogP contribution in [0.3, 0.4) is 0 Å². The highest BCUT2D eigenvalue weighted by atomic mass is 35.5. The average Bonchev–Trinajstić information content (AvgIpc) is 2.31. The number of halogens is 1. The first-order valence-electron chi connectivity index (χ1n) is 5.09. The molecule has 0 aliphatic rings. The van der Waals surface area contributed by atoms with Gasteiger partial charge in [-0.25, -0.2) is 0 Å². The van der Waals surface area contributed by atoms with Crippen molar-refractivity contribution >= 4 is 17.3 Å². The maximum atomic E-state index is 10.7. The minimum absolute atomic E-state index is 0.0463. The van der Waals surface area contributed by atoms with Gasteiger partial charge in [-0.05, 0) is 18.6 Å². The number of rotatable bonds is 2. The first kappa shape index (κ1) is 11.6. The molecule has 0 saturated heterocycles. The van der Waals surface area contributed by atoms with Crippen molar-refractivity contribution in [3.05, 3.63) is 63.2 Å². The fourth-order valence-corrected chi connectivity index (χ4v) is 1.81. The second-order valence-corrected chi connectivity index (χ2v) is 4.19. The highest BCUT2D eigenvalue weighted by Crippen LogP contribution is 2.31. The molecular weight excluding hydrogens is 238 g/mol. The van der Waals surface area contributed by atoms with E-state index in [4.69, 9.17) is 11.6 Å². The van der Waals surface area contributed by atoms with Gasteiger partial charge in [0.2, 0.25) is 0 Å². The third-order valence-electron chi connectivity index (χ3n) is 2.52. The minimum Gasteiger partial charge on any atom is -0.258 e. The van der Waals surface area contributed by atoms with Crippen molar-refractivity contribution < 1.29 is 4.92 Å². The smallest absolute Gasteiger partial charge is 0.258 e. The number of nitrogens with zero attached hydrogens (tertiary/aromatic N) is 1. The van der Waals surface area contributed by atoms with Crippen molar-refractivity contribution in [1.82, 2.24) is 0 Å². The zero-order valence-electron chi connectivity index (χ0n) is 9.18. The highest BCUT2D eigenvalue weighted by Gasteiger charge is 2.10. The van der Waals surface area contributed by atoms with Crippen LogP contribution in [0.1, 0.15) is 5.56 Å². The molecule has 2 rings (SSSR count). The molecule has 0 radical (unpaired) electrons. The van der Waals surface area contributed by atoms with Gasteiger partial charge in [-0.2, -0.15) is 0 Å². The van der Waals surface area contributed by atoms with Crippen molar-refractivity contribution in [3.8, 4) is 11.1 Å². The number of non-ortho nitro benzene ring substituents is 1. The lowest BCUT2D eigenvalue weighted by atomic mass is 10.0. The molecule has 4 heteroatoms. The summed E-state index contributed by atoms with van der Waals surface area (Å²) in [6.07, 6.45) is 0. The lowest BCUT2D eigenvalue weighted by molar-refractivity contribution is -0.384. The van der Waals surface area contributed by atoms with E-state index in [0.717, 1.165) is 11.1 Å². The number of hydrogen-bond acceptors (Lipinski definition) is 2. The molecule has 0 aliphatic carbocycles. The van der Waals surface area contributed by atoms with Gasteiger partial charge in [-0.3, -0.25) is 10.1 Å². The third-order valence-corrected chi connectivity index (χ3v) is 2.85. The topological polar surface area (TPSA) is 43.1 Å². The fourth-order valence-electron chi connectivity index (χ4n) is 1.58. The molecule has 0 amide bonds. The fraction of sp³-hybridized carbons (Fsp3) is 0.0769. The van der Waals surface area contributed by atoms with Crippen molar-refractivity contribution in [2.24, 2.45) is 0 Å². The number of hydrogen-bond donors (Lipinski definition) is 0. The second kappa shape index (κ2) is 4.55. The first-order chi connectivity index (χ1) is 8.08. The Balaban J connectivity index is 2.54. The van der Waals surface area contributed by atoms with Crippen LogP contribution >= 0.6 is 11.6 Å². The van der Waals surface area contributed by atoms with Gasteiger partial charge in [-0.1, -0.05) is 41.4 Å². The Bertz CT molecular complexity index is 564. The van der Waals surface area contributed by atoms with Gasteiger partial charge in [0.25, 0.3) is 5.69 Å². The predicted octanol–water partition coefficient (Wildman–Crippen LogP) is 4.22. The van der Waals surface area contributed by atoms with E-state index < -0.39 is 4.92 Å². The molecule has 17 heavy (non-hydrogen) atoms. The Labute approximate surface area is 104 Å². The summed E-state index contributed by atoms with van der Waals surface area (Å²) in [6.45, 7) is 1.98. The Morgan fingerprint density at radius 3 is 2.35 bits per heavy atom. The number of benzene rings is 2. The summed E-state index contributed by atoms with van der Waals surface area (Å²) in [6, 6.07) is 12.2. The Morgan fingerprint density at radius 2 is 1.76 bits per heavy atom. The maximum Gasteiger partial charge on any atom is 0.270 e. The van der Waals surface area contributed by atoms with Crippen LogP contribution in [0, 0.1) is 17.0 Å². The molecule has 3 nitrogen and oxygen atoms in total. The summed E-state index contributed by atoms with van der Waals surface area (Å²) in [5, 5.41) is 11.2. The Hall–Kier alpha value is -1.87. The molecule has 0 spiro atoms. The molecule has 0 aliphatic heterocycles. The molecule has 0 N–H and O–H groups in total. The number of nitro benzene ring substituents is 1. The summed E-state index contributed by atoms with van der Waals surface area (Å²) in [7, 11) is 0. The summed E-state index contributed by atoms with van der Waals surface area (Å²) in [4.78, 5) is 10.3. The monoisotopic (exact) mass is 247 g/mol. The van der Waals surface area contributed by atoms with Crippen LogP contribution in [0.2, 0.25) is 5.02 Å². The number of nitro groups is 1. The normalized spacial score (nSPS) is 10.2. The third kappa shape index (κ3) is 2.45. The van der Waals surface area contributed by atoms with Crippen molar-refractivity contribution in [3.63, 3.8) is 0 Å². The zero-order valence-corrected chi connectivity index (χ0v) is 9.94. The average molecular weight is 248 g/mol. The van der Waals surface area contributed by atoms with Crippen LogP contribution in [-0.2, 0) is 0 Å². The van der Waals surface area contributed by atoms with Crippen LogP contribution in [0.25, 0.3) is 11.1 Å². The van der Waals surface area contributed by atoms with Crippen LogP contribution in [0.15, 0.2) is 42.5 Å². The van der Waals surface area contributed by atoms with Gasteiger partial charge in [-0.15, -0.1) is 0 Å². The van der Waals surface area contributed by atoms with Gasteiger partial charge in [0.1, 0.15) is 0 Å². The van der Waals surface area contributed by atoms with Gasteiger partial charge in [0.05, 0.1) is 4.92 Å². The molecule has 0 unspecified atom stereocenters. The van der Waals surface area contributed by atoms with Crippen molar-refractivity contribution in [2.75, 3.05) is 0 Å². The van der Waals surface area contributed by atoms with E-state index in [9.17, 15) is 10.1 Å².